The number of hydrogen-bond donors (Lipinski definition) is 2. The molecule has 9 heteroatoms. The molecule has 176 valence electrons. The Morgan fingerprint density at radius 3 is 2.61 bits per heavy atom. The van der Waals surface area contributed by atoms with Gasteiger partial charge in [-0.25, -0.2) is 9.97 Å². The van der Waals surface area contributed by atoms with Crippen molar-refractivity contribution in [2.24, 2.45) is 0 Å². The predicted octanol–water partition coefficient (Wildman–Crippen LogP) is 3.53. The van der Waals surface area contributed by atoms with E-state index in [4.69, 9.17) is 16.3 Å². The highest BCUT2D eigenvalue weighted by Crippen LogP contribution is 2.37. The van der Waals surface area contributed by atoms with E-state index in [9.17, 15) is 4.79 Å². The van der Waals surface area contributed by atoms with E-state index in [0.717, 1.165) is 22.8 Å². The van der Waals surface area contributed by atoms with Crippen molar-refractivity contribution in [1.29, 1.82) is 0 Å². The average molecular weight is 471 g/mol. The van der Waals surface area contributed by atoms with E-state index >= 15 is 0 Å². The first-order valence-electron chi connectivity index (χ1n) is 11.3. The van der Waals surface area contributed by atoms with Gasteiger partial charge in [0.2, 0.25) is 5.91 Å². The number of anilines is 2. The molecule has 2 aliphatic rings. The fourth-order valence-electron chi connectivity index (χ4n) is 4.30. The third kappa shape index (κ3) is 5.23. The van der Waals surface area contributed by atoms with E-state index in [2.05, 4.69) is 45.9 Å². The lowest BCUT2D eigenvalue weighted by atomic mass is 9.96. The third-order valence-electron chi connectivity index (χ3n) is 6.04. The van der Waals surface area contributed by atoms with Crippen molar-refractivity contribution in [2.45, 2.75) is 38.8 Å². The number of aromatic nitrogens is 2. The minimum Gasteiger partial charge on any atom is -0.471 e. The van der Waals surface area contributed by atoms with Crippen molar-refractivity contribution < 1.29 is 9.53 Å². The lowest BCUT2D eigenvalue weighted by Crippen LogP contribution is -2.51. The molecule has 1 fully saturated rings. The van der Waals surface area contributed by atoms with Crippen LogP contribution in [0.25, 0.3) is 0 Å². The summed E-state index contributed by atoms with van der Waals surface area (Å²) in [5.74, 6) is 1.93. The summed E-state index contributed by atoms with van der Waals surface area (Å²) in [5, 5.41) is 7.17. The van der Waals surface area contributed by atoms with Gasteiger partial charge in [-0.1, -0.05) is 37.6 Å². The normalized spacial score (nSPS) is 19.1. The van der Waals surface area contributed by atoms with Crippen LogP contribution < -0.4 is 15.5 Å². The summed E-state index contributed by atoms with van der Waals surface area (Å²) in [6.45, 7) is 13.2. The van der Waals surface area contributed by atoms with Gasteiger partial charge in [-0.15, -0.1) is 0 Å². The van der Waals surface area contributed by atoms with Gasteiger partial charge >= 0.3 is 0 Å². The monoisotopic (exact) mass is 470 g/mol. The predicted molar refractivity (Wildman–Crippen MR) is 130 cm³/mol. The minimum absolute atomic E-state index is 0.129. The molecule has 1 saturated heterocycles. The quantitative estimate of drug-likeness (QED) is 0.668. The van der Waals surface area contributed by atoms with Gasteiger partial charge in [0, 0.05) is 43.8 Å². The largest absolute Gasteiger partial charge is 0.471 e. The van der Waals surface area contributed by atoms with Crippen molar-refractivity contribution in [3.05, 3.63) is 59.2 Å². The highest BCUT2D eigenvalue weighted by atomic mass is 35.5. The van der Waals surface area contributed by atoms with Crippen molar-refractivity contribution in [3.63, 3.8) is 0 Å². The molecule has 2 aliphatic heterocycles. The van der Waals surface area contributed by atoms with E-state index in [-0.39, 0.29) is 17.9 Å². The Morgan fingerprint density at radius 1 is 1.24 bits per heavy atom. The number of amides is 1. The van der Waals surface area contributed by atoms with Crippen LogP contribution in [-0.4, -0.2) is 59.5 Å². The fraction of sp³-hybridized carbons (Fsp3) is 0.458. The number of nitrogens with zero attached hydrogens (tertiary/aromatic N) is 4. The zero-order chi connectivity index (χ0) is 23.5. The van der Waals surface area contributed by atoms with Crippen LogP contribution in [0.4, 0.5) is 11.6 Å². The summed E-state index contributed by atoms with van der Waals surface area (Å²) in [6, 6.07) is 7.86. The van der Waals surface area contributed by atoms with Gasteiger partial charge in [0.1, 0.15) is 24.1 Å². The number of carbonyl (C=O) groups is 1. The molecule has 0 aliphatic carbocycles. The Balaban J connectivity index is 1.47. The molecule has 1 aromatic carbocycles. The van der Waals surface area contributed by atoms with E-state index in [1.165, 1.54) is 0 Å². The number of hydrogen-bond acceptors (Lipinski definition) is 7. The van der Waals surface area contributed by atoms with Crippen LogP contribution in [0.2, 0.25) is 5.02 Å². The number of carbonyl (C=O) groups excluding carboxylic acids is 1. The number of benzene rings is 1. The van der Waals surface area contributed by atoms with E-state index in [1.54, 1.807) is 6.33 Å². The van der Waals surface area contributed by atoms with Gasteiger partial charge < -0.3 is 25.2 Å². The Hall–Kier alpha value is -2.84. The van der Waals surface area contributed by atoms with E-state index in [1.807, 2.05) is 36.1 Å². The second-order valence-electron chi connectivity index (χ2n) is 8.75. The van der Waals surface area contributed by atoms with Crippen molar-refractivity contribution in [2.75, 3.05) is 42.9 Å². The molecular formula is C24H31ClN6O2. The molecule has 0 saturated carbocycles. The molecule has 8 nitrogen and oxygen atoms in total. The Labute approximate surface area is 200 Å². The Bertz CT molecular complexity index is 1000. The van der Waals surface area contributed by atoms with Crippen LogP contribution >= 0.6 is 11.6 Å². The first kappa shape index (κ1) is 23.3. The highest BCUT2D eigenvalue weighted by molar-refractivity contribution is 6.30. The standard InChI is InChI=1S/C24H31ClN6O2/c1-15(2)26-13-20(18-5-7-19(25)8-6-18)24(32)31-11-9-30(10-12-31)23-21-16(3)33-17(4)29-22(21)27-14-28-23/h5-8,14-16,20,26H,4,9-13H2,1-3H3,(H,27,28,29)/t16?,20-/m1/s1. The number of ether oxygens (including phenoxy) is 1. The first-order chi connectivity index (χ1) is 15.8. The molecule has 4 rings (SSSR count). The van der Waals surface area contributed by atoms with Gasteiger partial charge in [-0.2, -0.15) is 0 Å². The molecule has 3 heterocycles. The number of halogens is 1. The SMILES string of the molecule is C=C1Nc2ncnc(N3CCN(C(=O)[C@H](CNC(C)C)c4ccc(Cl)cc4)CC3)c2C(C)O1. The average Bonchev–Trinajstić information content (AvgIpc) is 2.79. The maximum Gasteiger partial charge on any atom is 0.231 e. The van der Waals surface area contributed by atoms with Crippen LogP contribution in [0.3, 0.4) is 0 Å². The van der Waals surface area contributed by atoms with Crippen molar-refractivity contribution in [1.82, 2.24) is 20.2 Å². The summed E-state index contributed by atoms with van der Waals surface area (Å²) < 4.78 is 5.75. The smallest absolute Gasteiger partial charge is 0.231 e. The second kappa shape index (κ2) is 9.97. The van der Waals surface area contributed by atoms with Crippen LogP contribution in [0, 0.1) is 0 Å². The maximum atomic E-state index is 13.5. The zero-order valence-electron chi connectivity index (χ0n) is 19.3. The molecule has 2 atom stereocenters. The lowest BCUT2D eigenvalue weighted by molar-refractivity contribution is -0.133. The first-order valence-corrected chi connectivity index (χ1v) is 11.7. The lowest BCUT2D eigenvalue weighted by Gasteiger charge is -2.39. The summed E-state index contributed by atoms with van der Waals surface area (Å²) in [7, 11) is 0. The Morgan fingerprint density at radius 2 is 1.94 bits per heavy atom. The summed E-state index contributed by atoms with van der Waals surface area (Å²) in [4.78, 5) is 26.6. The zero-order valence-corrected chi connectivity index (χ0v) is 20.1. The fourth-order valence-corrected chi connectivity index (χ4v) is 4.43. The van der Waals surface area contributed by atoms with Crippen LogP contribution in [0.5, 0.6) is 0 Å². The molecule has 1 unspecified atom stereocenters. The third-order valence-corrected chi connectivity index (χ3v) is 6.29. The van der Waals surface area contributed by atoms with Gasteiger partial charge in [0.25, 0.3) is 0 Å². The van der Waals surface area contributed by atoms with Gasteiger partial charge in [0.15, 0.2) is 5.88 Å². The molecule has 0 spiro atoms. The molecular weight excluding hydrogens is 440 g/mol. The highest BCUT2D eigenvalue weighted by Gasteiger charge is 2.32. The number of piperazine rings is 1. The number of nitrogens with one attached hydrogen (secondary N) is 2. The van der Waals surface area contributed by atoms with Crippen molar-refractivity contribution >= 4 is 29.1 Å². The summed E-state index contributed by atoms with van der Waals surface area (Å²) in [5.41, 5.74) is 1.90. The molecule has 1 aromatic heterocycles. The molecule has 0 radical (unpaired) electrons. The molecule has 1 amide bonds. The van der Waals surface area contributed by atoms with Crippen molar-refractivity contribution in [3.8, 4) is 0 Å². The molecule has 33 heavy (non-hydrogen) atoms. The molecule has 2 aromatic rings. The molecule has 0 bridgehead atoms. The summed E-state index contributed by atoms with van der Waals surface area (Å²) in [6.07, 6.45) is 1.36. The van der Waals surface area contributed by atoms with Gasteiger partial charge in [0.05, 0.1) is 11.5 Å². The number of rotatable bonds is 6. The topological polar surface area (TPSA) is 82.6 Å². The van der Waals surface area contributed by atoms with Crippen LogP contribution in [0.1, 0.15) is 43.9 Å². The molecule has 2 N–H and O–H groups in total. The van der Waals surface area contributed by atoms with Crippen LogP contribution in [0.15, 0.2) is 43.1 Å². The van der Waals surface area contributed by atoms with E-state index in [0.29, 0.717) is 49.7 Å². The Kier molecular flexibility index (Phi) is 7.05. The van der Waals surface area contributed by atoms with Gasteiger partial charge in [-0.3, -0.25) is 4.79 Å². The summed E-state index contributed by atoms with van der Waals surface area (Å²) >= 11 is 6.07. The minimum atomic E-state index is -0.258. The van der Waals surface area contributed by atoms with Gasteiger partial charge in [-0.05, 0) is 31.2 Å². The second-order valence-corrected chi connectivity index (χ2v) is 9.18. The van der Waals surface area contributed by atoms with E-state index < -0.39 is 0 Å². The maximum absolute atomic E-state index is 13.5. The number of fused-ring (bicyclic) bond motifs is 1. The van der Waals surface area contributed by atoms with Crippen LogP contribution in [-0.2, 0) is 9.53 Å².